The molecule has 0 saturated carbocycles. The molecular formula is C36H72O2. The second kappa shape index (κ2) is 34.5. The van der Waals surface area contributed by atoms with Crippen molar-refractivity contribution in [2.75, 3.05) is 6.61 Å². The van der Waals surface area contributed by atoms with Crippen LogP contribution in [0.3, 0.4) is 0 Å². The van der Waals surface area contributed by atoms with Crippen LogP contribution in [0.4, 0.5) is 0 Å². The van der Waals surface area contributed by atoms with E-state index in [2.05, 4.69) is 13.8 Å². The van der Waals surface area contributed by atoms with Gasteiger partial charge in [-0.15, -0.1) is 0 Å². The van der Waals surface area contributed by atoms with Crippen LogP contribution in [0.2, 0.25) is 0 Å². The summed E-state index contributed by atoms with van der Waals surface area (Å²) in [4.78, 5) is 11.7. The van der Waals surface area contributed by atoms with E-state index < -0.39 is 0 Å². The van der Waals surface area contributed by atoms with E-state index in [0.29, 0.717) is 13.0 Å². The molecule has 0 bridgehead atoms. The smallest absolute Gasteiger partial charge is 0.305 e. The van der Waals surface area contributed by atoms with E-state index in [1.54, 1.807) is 0 Å². The Kier molecular flexibility index (Phi) is 34.0. The summed E-state index contributed by atoms with van der Waals surface area (Å²) in [7, 11) is 0. The number of hydrogen-bond acceptors (Lipinski definition) is 2. The van der Waals surface area contributed by atoms with Gasteiger partial charge in [0, 0.05) is 6.42 Å². The number of carbonyl (C=O) groups excluding carboxylic acids is 1. The Bertz CT molecular complexity index is 433. The molecule has 38 heavy (non-hydrogen) atoms. The molecule has 2 heteroatoms. The van der Waals surface area contributed by atoms with E-state index in [-0.39, 0.29) is 5.97 Å². The summed E-state index contributed by atoms with van der Waals surface area (Å²) in [5, 5.41) is 0. The molecule has 0 heterocycles. The average Bonchev–Trinajstić information content (AvgIpc) is 2.92. The molecule has 0 aromatic heterocycles. The van der Waals surface area contributed by atoms with Crippen LogP contribution in [0.5, 0.6) is 0 Å². The summed E-state index contributed by atoms with van der Waals surface area (Å²) < 4.78 is 5.31. The lowest BCUT2D eigenvalue weighted by Gasteiger charge is -2.05. The molecule has 0 rings (SSSR count). The molecule has 0 aliphatic carbocycles. The largest absolute Gasteiger partial charge is 0.466 e. The Labute approximate surface area is 241 Å². The second-order valence-electron chi connectivity index (χ2n) is 12.2. The van der Waals surface area contributed by atoms with Gasteiger partial charge in [-0.1, -0.05) is 200 Å². The van der Waals surface area contributed by atoms with Gasteiger partial charge >= 0.3 is 5.97 Å². The molecule has 0 aliphatic heterocycles. The molecule has 0 amide bonds. The van der Waals surface area contributed by atoms with Crippen LogP contribution < -0.4 is 0 Å². The number of ether oxygens (including phenoxy) is 1. The Morgan fingerprint density at radius 3 is 0.868 bits per heavy atom. The normalized spacial score (nSPS) is 11.3. The van der Waals surface area contributed by atoms with E-state index in [0.717, 1.165) is 12.8 Å². The monoisotopic (exact) mass is 537 g/mol. The van der Waals surface area contributed by atoms with Gasteiger partial charge in [0.1, 0.15) is 0 Å². The van der Waals surface area contributed by atoms with Crippen molar-refractivity contribution in [1.82, 2.24) is 0 Å². The van der Waals surface area contributed by atoms with Crippen molar-refractivity contribution < 1.29 is 9.53 Å². The van der Waals surface area contributed by atoms with Gasteiger partial charge in [0.25, 0.3) is 0 Å². The Hall–Kier alpha value is -0.530. The fraction of sp³-hybridized carbons (Fsp3) is 0.972. The summed E-state index contributed by atoms with van der Waals surface area (Å²) in [5.41, 5.74) is 0. The molecule has 0 N–H and O–H groups in total. The Balaban J connectivity index is 3.08. The van der Waals surface area contributed by atoms with Crippen LogP contribution in [0.1, 0.15) is 219 Å². The predicted molar refractivity (Wildman–Crippen MR) is 170 cm³/mol. The first-order valence-electron chi connectivity index (χ1n) is 18.0. The van der Waals surface area contributed by atoms with Gasteiger partial charge in [-0.2, -0.15) is 0 Å². The average molecular weight is 537 g/mol. The van der Waals surface area contributed by atoms with Crippen molar-refractivity contribution >= 4 is 5.97 Å². The van der Waals surface area contributed by atoms with Crippen molar-refractivity contribution in [1.29, 1.82) is 0 Å². The first-order valence-corrected chi connectivity index (χ1v) is 18.0. The minimum atomic E-state index is 0.0149. The van der Waals surface area contributed by atoms with Crippen molar-refractivity contribution in [3.8, 4) is 0 Å². The highest BCUT2D eigenvalue weighted by Crippen LogP contribution is 2.16. The third kappa shape index (κ3) is 33.5. The number of rotatable bonds is 33. The number of carbonyl (C=O) groups is 1. The molecular weight excluding hydrogens is 464 g/mol. The van der Waals surface area contributed by atoms with Crippen molar-refractivity contribution in [2.45, 2.75) is 219 Å². The summed E-state index contributed by atoms with van der Waals surface area (Å²) in [6.07, 6.45) is 43.5. The first-order chi connectivity index (χ1) is 18.8. The second-order valence-corrected chi connectivity index (χ2v) is 12.2. The third-order valence-corrected chi connectivity index (χ3v) is 8.25. The van der Waals surface area contributed by atoms with Crippen LogP contribution in [0.15, 0.2) is 0 Å². The quantitative estimate of drug-likeness (QED) is 0.0615. The molecule has 0 fully saturated rings. The zero-order valence-electron chi connectivity index (χ0n) is 26.7. The molecule has 0 aromatic rings. The van der Waals surface area contributed by atoms with Crippen LogP contribution in [0, 0.1) is 0 Å². The summed E-state index contributed by atoms with van der Waals surface area (Å²) >= 11 is 0. The lowest BCUT2D eigenvalue weighted by molar-refractivity contribution is -0.143. The van der Waals surface area contributed by atoms with Crippen molar-refractivity contribution in [2.24, 2.45) is 0 Å². The topological polar surface area (TPSA) is 26.3 Å². The summed E-state index contributed by atoms with van der Waals surface area (Å²) in [5.74, 6) is 0.0149. The Morgan fingerprint density at radius 2 is 0.579 bits per heavy atom. The van der Waals surface area contributed by atoms with Gasteiger partial charge in [0.05, 0.1) is 6.61 Å². The zero-order valence-corrected chi connectivity index (χ0v) is 26.7. The lowest BCUT2D eigenvalue weighted by atomic mass is 10.0. The first kappa shape index (κ1) is 37.5. The molecule has 0 radical (unpaired) electrons. The molecule has 0 aromatic carbocycles. The van der Waals surface area contributed by atoms with Crippen LogP contribution in [-0.4, -0.2) is 12.6 Å². The third-order valence-electron chi connectivity index (χ3n) is 8.25. The van der Waals surface area contributed by atoms with Gasteiger partial charge in [-0.05, 0) is 12.8 Å². The number of hydrogen-bond donors (Lipinski definition) is 0. The maximum absolute atomic E-state index is 11.7. The van der Waals surface area contributed by atoms with Crippen LogP contribution in [0.25, 0.3) is 0 Å². The fourth-order valence-corrected chi connectivity index (χ4v) is 5.55. The van der Waals surface area contributed by atoms with Crippen LogP contribution >= 0.6 is 0 Å². The van der Waals surface area contributed by atoms with Gasteiger partial charge in [-0.3, -0.25) is 4.79 Å². The minimum Gasteiger partial charge on any atom is -0.466 e. The molecule has 0 spiro atoms. The van der Waals surface area contributed by atoms with E-state index in [4.69, 9.17) is 4.74 Å². The highest BCUT2D eigenvalue weighted by Gasteiger charge is 2.02. The van der Waals surface area contributed by atoms with Gasteiger partial charge in [0.15, 0.2) is 0 Å². The van der Waals surface area contributed by atoms with E-state index >= 15 is 0 Å². The van der Waals surface area contributed by atoms with Crippen LogP contribution in [-0.2, 0) is 9.53 Å². The molecule has 228 valence electrons. The summed E-state index contributed by atoms with van der Waals surface area (Å²) in [6.45, 7) is 5.13. The maximum atomic E-state index is 11.7. The van der Waals surface area contributed by atoms with E-state index in [1.807, 2.05) is 0 Å². The van der Waals surface area contributed by atoms with Gasteiger partial charge in [0.2, 0.25) is 0 Å². The Morgan fingerprint density at radius 1 is 0.342 bits per heavy atom. The van der Waals surface area contributed by atoms with E-state index in [1.165, 1.54) is 186 Å². The SMILES string of the molecule is CCCCCCCCCCCCCCCCCCCCCCCCCCCCCC(=O)OCCCCCC. The maximum Gasteiger partial charge on any atom is 0.305 e. The highest BCUT2D eigenvalue weighted by atomic mass is 16.5. The molecule has 0 atom stereocenters. The predicted octanol–water partition coefficient (Wildman–Crippen LogP) is 13.1. The van der Waals surface area contributed by atoms with Gasteiger partial charge < -0.3 is 4.74 Å². The molecule has 2 nitrogen and oxygen atoms in total. The highest BCUT2D eigenvalue weighted by molar-refractivity contribution is 5.69. The molecule has 0 unspecified atom stereocenters. The van der Waals surface area contributed by atoms with E-state index in [9.17, 15) is 4.79 Å². The molecule has 0 saturated heterocycles. The lowest BCUT2D eigenvalue weighted by Crippen LogP contribution is -2.05. The number of esters is 1. The van der Waals surface area contributed by atoms with Crippen molar-refractivity contribution in [3.63, 3.8) is 0 Å². The van der Waals surface area contributed by atoms with Crippen molar-refractivity contribution in [3.05, 3.63) is 0 Å². The van der Waals surface area contributed by atoms with Gasteiger partial charge in [-0.25, -0.2) is 0 Å². The standard InChI is InChI=1S/C36H72O2/c1-3-5-7-9-10-11-12-13-14-15-16-17-18-19-20-21-22-23-24-25-26-27-28-29-30-31-32-34-36(37)38-35-33-8-6-4-2/h3-35H2,1-2H3. The fourth-order valence-electron chi connectivity index (χ4n) is 5.55. The zero-order chi connectivity index (χ0) is 27.6. The number of unbranched alkanes of at least 4 members (excludes halogenated alkanes) is 29. The summed E-state index contributed by atoms with van der Waals surface area (Å²) in [6, 6.07) is 0. The minimum absolute atomic E-state index is 0.0149. The molecule has 0 aliphatic rings.